The van der Waals surface area contributed by atoms with Gasteiger partial charge in [-0.05, 0) is 45.6 Å². The first-order chi connectivity index (χ1) is 7.12. The van der Waals surface area contributed by atoms with Crippen LogP contribution in [0.3, 0.4) is 0 Å². The van der Waals surface area contributed by atoms with Crippen LogP contribution in [0.4, 0.5) is 0 Å². The highest BCUT2D eigenvalue weighted by Gasteiger charge is 2.37. The summed E-state index contributed by atoms with van der Waals surface area (Å²) < 4.78 is 26.2. The zero-order valence-electron chi connectivity index (χ0n) is 9.20. The second-order valence-electron chi connectivity index (χ2n) is 4.70. The fourth-order valence-electron chi connectivity index (χ4n) is 2.21. The van der Waals surface area contributed by atoms with Crippen LogP contribution in [0.2, 0.25) is 0 Å². The molecule has 2 aliphatic carbocycles. The number of nitrogens with one attached hydrogen (secondary N) is 2. The van der Waals surface area contributed by atoms with Gasteiger partial charge in [0, 0.05) is 12.1 Å². The van der Waals surface area contributed by atoms with Gasteiger partial charge in [-0.2, -0.15) is 0 Å². The van der Waals surface area contributed by atoms with Crippen molar-refractivity contribution in [1.29, 1.82) is 0 Å². The van der Waals surface area contributed by atoms with Crippen LogP contribution in [-0.4, -0.2) is 32.8 Å². The van der Waals surface area contributed by atoms with Crippen LogP contribution in [-0.2, 0) is 10.0 Å². The molecule has 88 valence electrons. The van der Waals surface area contributed by atoms with Gasteiger partial charge in [0.05, 0.1) is 5.25 Å². The zero-order valence-corrected chi connectivity index (χ0v) is 10.0. The van der Waals surface area contributed by atoms with E-state index in [2.05, 4.69) is 10.0 Å². The molecule has 2 rings (SSSR count). The molecule has 0 spiro atoms. The maximum Gasteiger partial charge on any atom is 0.214 e. The Hall–Kier alpha value is -0.130. The van der Waals surface area contributed by atoms with Crippen molar-refractivity contribution in [2.75, 3.05) is 7.05 Å². The van der Waals surface area contributed by atoms with Gasteiger partial charge in [-0.1, -0.05) is 0 Å². The Morgan fingerprint density at radius 2 is 1.47 bits per heavy atom. The van der Waals surface area contributed by atoms with Gasteiger partial charge in [-0.15, -0.1) is 0 Å². The van der Waals surface area contributed by atoms with E-state index in [1.165, 1.54) is 0 Å². The molecule has 0 radical (unpaired) electrons. The molecule has 0 aliphatic heterocycles. The van der Waals surface area contributed by atoms with Gasteiger partial charge in [0.25, 0.3) is 0 Å². The molecule has 4 nitrogen and oxygen atoms in total. The van der Waals surface area contributed by atoms with Crippen LogP contribution < -0.4 is 10.0 Å². The molecule has 2 N–H and O–H groups in total. The van der Waals surface area contributed by atoms with E-state index in [-0.39, 0.29) is 11.3 Å². The lowest BCUT2D eigenvalue weighted by atomic mass is 9.92. The molecule has 0 heterocycles. The Morgan fingerprint density at radius 1 is 0.933 bits per heavy atom. The largest absolute Gasteiger partial charge is 0.317 e. The molecule has 15 heavy (non-hydrogen) atoms. The maximum absolute atomic E-state index is 11.7. The van der Waals surface area contributed by atoms with E-state index < -0.39 is 10.0 Å². The van der Waals surface area contributed by atoms with Gasteiger partial charge in [0.1, 0.15) is 0 Å². The van der Waals surface area contributed by atoms with Crippen molar-refractivity contribution in [2.45, 2.75) is 55.9 Å². The minimum Gasteiger partial charge on any atom is -0.317 e. The van der Waals surface area contributed by atoms with Crippen LogP contribution in [0.1, 0.15) is 38.5 Å². The van der Waals surface area contributed by atoms with Crippen LogP contribution in [0, 0.1) is 0 Å². The van der Waals surface area contributed by atoms with Gasteiger partial charge in [0.15, 0.2) is 0 Å². The van der Waals surface area contributed by atoms with E-state index in [9.17, 15) is 8.42 Å². The summed E-state index contributed by atoms with van der Waals surface area (Å²) in [6.45, 7) is 0. The van der Waals surface area contributed by atoms with Crippen molar-refractivity contribution in [3.63, 3.8) is 0 Å². The maximum atomic E-state index is 11.7. The first-order valence-corrected chi connectivity index (χ1v) is 7.35. The number of sulfonamides is 1. The molecule has 2 aliphatic rings. The molecule has 0 amide bonds. The summed E-state index contributed by atoms with van der Waals surface area (Å²) in [6.07, 6.45) is 5.79. The van der Waals surface area contributed by atoms with E-state index in [0.29, 0.717) is 6.04 Å². The fourth-order valence-corrected chi connectivity index (χ4v) is 3.86. The standard InChI is InChI=1S/C10H20N2O2S/c1-11-8-2-4-9(5-3-8)12-15(13,14)10-6-7-10/h8-12H,2-7H2,1H3. The topological polar surface area (TPSA) is 58.2 Å². The third-order valence-corrected chi connectivity index (χ3v) is 5.44. The lowest BCUT2D eigenvalue weighted by molar-refractivity contribution is 0.342. The highest BCUT2D eigenvalue weighted by molar-refractivity contribution is 7.90. The van der Waals surface area contributed by atoms with Gasteiger partial charge < -0.3 is 5.32 Å². The van der Waals surface area contributed by atoms with Crippen LogP contribution >= 0.6 is 0 Å². The molecule has 0 bridgehead atoms. The normalized spacial score (nSPS) is 32.9. The molecule has 0 aromatic heterocycles. The number of rotatable bonds is 4. The summed E-state index contributed by atoms with van der Waals surface area (Å²) >= 11 is 0. The average molecular weight is 232 g/mol. The zero-order chi connectivity index (χ0) is 10.9. The summed E-state index contributed by atoms with van der Waals surface area (Å²) in [5, 5.41) is 3.16. The van der Waals surface area contributed by atoms with E-state index in [0.717, 1.165) is 38.5 Å². The summed E-state index contributed by atoms with van der Waals surface area (Å²) in [5.74, 6) is 0. The predicted molar refractivity (Wildman–Crippen MR) is 60.2 cm³/mol. The van der Waals surface area contributed by atoms with Crippen LogP contribution in [0.25, 0.3) is 0 Å². The SMILES string of the molecule is CNC1CCC(NS(=O)(=O)C2CC2)CC1. The minimum absolute atomic E-state index is 0.0838. The molecule has 2 saturated carbocycles. The smallest absolute Gasteiger partial charge is 0.214 e. The van der Waals surface area contributed by atoms with Crippen molar-refractivity contribution in [3.8, 4) is 0 Å². The monoisotopic (exact) mass is 232 g/mol. The Morgan fingerprint density at radius 3 is 1.93 bits per heavy atom. The molecule has 0 aromatic carbocycles. The third-order valence-electron chi connectivity index (χ3n) is 3.43. The Kier molecular flexibility index (Phi) is 3.33. The second kappa shape index (κ2) is 4.39. The third kappa shape index (κ3) is 2.92. The lowest BCUT2D eigenvalue weighted by Gasteiger charge is -2.28. The van der Waals surface area contributed by atoms with E-state index in [4.69, 9.17) is 0 Å². The molecule has 0 aromatic rings. The molecule has 5 heteroatoms. The van der Waals surface area contributed by atoms with Crippen molar-refractivity contribution >= 4 is 10.0 Å². The Balaban J connectivity index is 1.81. The summed E-state index contributed by atoms with van der Waals surface area (Å²) in [4.78, 5) is 0. The lowest BCUT2D eigenvalue weighted by Crippen LogP contribution is -2.42. The average Bonchev–Trinajstić information content (AvgIpc) is 3.01. The van der Waals surface area contributed by atoms with E-state index >= 15 is 0 Å². The van der Waals surface area contributed by atoms with E-state index in [1.54, 1.807) is 0 Å². The first-order valence-electron chi connectivity index (χ1n) is 5.80. The number of hydrogen-bond acceptors (Lipinski definition) is 3. The summed E-state index contributed by atoms with van der Waals surface area (Å²) in [6, 6.07) is 0.756. The Labute approximate surface area is 91.9 Å². The predicted octanol–water partition coefficient (Wildman–Crippen LogP) is 0.599. The highest BCUT2D eigenvalue weighted by atomic mass is 32.2. The minimum atomic E-state index is -2.98. The fraction of sp³-hybridized carbons (Fsp3) is 1.00. The molecule has 2 fully saturated rings. The number of hydrogen-bond donors (Lipinski definition) is 2. The second-order valence-corrected chi connectivity index (χ2v) is 6.69. The van der Waals surface area contributed by atoms with Crippen molar-refractivity contribution < 1.29 is 8.42 Å². The molecule has 0 saturated heterocycles. The Bertz CT molecular complexity index is 303. The van der Waals surface area contributed by atoms with Crippen molar-refractivity contribution in [1.82, 2.24) is 10.0 Å². The molecule has 0 unspecified atom stereocenters. The molecular formula is C10H20N2O2S. The van der Waals surface area contributed by atoms with Gasteiger partial charge in [-0.3, -0.25) is 0 Å². The van der Waals surface area contributed by atoms with Gasteiger partial charge in [-0.25, -0.2) is 13.1 Å². The van der Waals surface area contributed by atoms with Gasteiger partial charge in [0.2, 0.25) is 10.0 Å². The van der Waals surface area contributed by atoms with E-state index in [1.807, 2.05) is 7.05 Å². The molecule has 0 atom stereocenters. The summed E-state index contributed by atoms with van der Waals surface area (Å²) in [5.41, 5.74) is 0. The van der Waals surface area contributed by atoms with Crippen molar-refractivity contribution in [2.24, 2.45) is 0 Å². The first kappa shape index (κ1) is 11.4. The molecular weight excluding hydrogens is 212 g/mol. The quantitative estimate of drug-likeness (QED) is 0.746. The van der Waals surface area contributed by atoms with Gasteiger partial charge >= 0.3 is 0 Å². The van der Waals surface area contributed by atoms with Crippen molar-refractivity contribution in [3.05, 3.63) is 0 Å². The highest BCUT2D eigenvalue weighted by Crippen LogP contribution is 2.29. The summed E-state index contributed by atoms with van der Waals surface area (Å²) in [7, 11) is -1.01. The van der Waals surface area contributed by atoms with Crippen LogP contribution in [0.15, 0.2) is 0 Å². The van der Waals surface area contributed by atoms with Crippen LogP contribution in [0.5, 0.6) is 0 Å².